The third-order valence-corrected chi connectivity index (χ3v) is 7.53. The summed E-state index contributed by atoms with van der Waals surface area (Å²) in [6, 6.07) is 14.8. The molecule has 3 N–H and O–H groups in total. The molecule has 2 aliphatic rings. The molecule has 4 unspecified atom stereocenters. The molecule has 0 fully saturated rings. The second kappa shape index (κ2) is 13.1. The number of aryl methyl sites for hydroxylation is 1. The van der Waals surface area contributed by atoms with Gasteiger partial charge in [-0.25, -0.2) is 0 Å². The zero-order chi connectivity index (χ0) is 27.1. The summed E-state index contributed by atoms with van der Waals surface area (Å²) in [6.45, 7) is 4.44. The standard InChI is InChI=1S/C31H40N2O5/c1-3-4-5-6-7-12-27(35)33(20-22-15-13-21(2)14-16-22)25-19-24(31(37)32-17-18-34)28-23-10-8-9-11-26(23)38-30(28)29(25)36/h8-11,13-16,19,25,28-30,34,36H,3-7,12,17-18,20H2,1-2H3,(H,32,37). The highest BCUT2D eigenvalue weighted by molar-refractivity contribution is 5.96. The summed E-state index contributed by atoms with van der Waals surface area (Å²) in [5.41, 5.74) is 3.38. The topological polar surface area (TPSA) is 99.1 Å². The van der Waals surface area contributed by atoms with Crippen molar-refractivity contribution in [2.75, 3.05) is 13.2 Å². The van der Waals surface area contributed by atoms with E-state index < -0.39 is 24.2 Å². The van der Waals surface area contributed by atoms with E-state index in [-0.39, 0.29) is 25.0 Å². The predicted molar refractivity (Wildman–Crippen MR) is 147 cm³/mol. The molecule has 1 aliphatic heterocycles. The van der Waals surface area contributed by atoms with Gasteiger partial charge in [0, 0.05) is 30.6 Å². The number of unbranched alkanes of at least 4 members (excludes halogenated alkanes) is 4. The van der Waals surface area contributed by atoms with Gasteiger partial charge in [-0.1, -0.05) is 80.6 Å². The van der Waals surface area contributed by atoms with Crippen molar-refractivity contribution in [3.05, 3.63) is 76.9 Å². The lowest BCUT2D eigenvalue weighted by Crippen LogP contribution is -2.55. The van der Waals surface area contributed by atoms with Gasteiger partial charge in [0.2, 0.25) is 11.8 Å². The largest absolute Gasteiger partial charge is 0.486 e. The van der Waals surface area contributed by atoms with Crippen LogP contribution in [-0.4, -0.2) is 58.3 Å². The van der Waals surface area contributed by atoms with Crippen molar-refractivity contribution in [2.45, 2.75) is 83.1 Å². The van der Waals surface area contributed by atoms with Gasteiger partial charge in [0.15, 0.2) is 0 Å². The Bertz CT molecular complexity index is 1130. The molecule has 4 rings (SSSR count). The lowest BCUT2D eigenvalue weighted by atomic mass is 9.77. The summed E-state index contributed by atoms with van der Waals surface area (Å²) < 4.78 is 6.20. The Labute approximate surface area is 225 Å². The first-order valence-electron chi connectivity index (χ1n) is 13.8. The molecule has 1 heterocycles. The van der Waals surface area contributed by atoms with Gasteiger partial charge in [-0.3, -0.25) is 9.59 Å². The van der Waals surface area contributed by atoms with E-state index in [9.17, 15) is 19.8 Å². The first-order valence-corrected chi connectivity index (χ1v) is 13.8. The number of aliphatic hydroxyl groups excluding tert-OH is 2. The monoisotopic (exact) mass is 520 g/mol. The van der Waals surface area contributed by atoms with E-state index in [2.05, 4.69) is 12.2 Å². The van der Waals surface area contributed by atoms with Crippen LogP contribution < -0.4 is 10.1 Å². The van der Waals surface area contributed by atoms with Crippen molar-refractivity contribution in [2.24, 2.45) is 0 Å². The van der Waals surface area contributed by atoms with E-state index in [4.69, 9.17) is 4.74 Å². The Kier molecular flexibility index (Phi) is 9.58. The van der Waals surface area contributed by atoms with Crippen LogP contribution in [0.1, 0.15) is 68.1 Å². The van der Waals surface area contributed by atoms with Crippen LogP contribution in [0.3, 0.4) is 0 Å². The van der Waals surface area contributed by atoms with Crippen LogP contribution in [0.15, 0.2) is 60.2 Å². The summed E-state index contributed by atoms with van der Waals surface area (Å²) in [4.78, 5) is 28.7. The number of para-hydroxylation sites is 1. The Morgan fingerprint density at radius 1 is 1.03 bits per heavy atom. The molecule has 1 aliphatic carbocycles. The smallest absolute Gasteiger partial charge is 0.247 e. The predicted octanol–water partition coefficient (Wildman–Crippen LogP) is 4.01. The van der Waals surface area contributed by atoms with Crippen molar-refractivity contribution in [1.82, 2.24) is 10.2 Å². The number of fused-ring (bicyclic) bond motifs is 3. The van der Waals surface area contributed by atoms with E-state index in [1.54, 1.807) is 11.0 Å². The number of hydrogen-bond donors (Lipinski definition) is 3. The van der Waals surface area contributed by atoms with Crippen LogP contribution in [0.4, 0.5) is 0 Å². The van der Waals surface area contributed by atoms with E-state index >= 15 is 0 Å². The molecule has 7 nitrogen and oxygen atoms in total. The second-order valence-corrected chi connectivity index (χ2v) is 10.4. The van der Waals surface area contributed by atoms with E-state index in [1.165, 1.54) is 0 Å². The van der Waals surface area contributed by atoms with Crippen LogP contribution in [-0.2, 0) is 16.1 Å². The minimum Gasteiger partial charge on any atom is -0.486 e. The molecular formula is C31H40N2O5. The molecule has 4 atom stereocenters. The SMILES string of the molecule is CCCCCCCC(=O)N(Cc1ccc(C)cc1)C1C=C(C(=O)NCCO)C2c3ccccc3OC2C1O. The molecule has 38 heavy (non-hydrogen) atoms. The van der Waals surface area contributed by atoms with Crippen molar-refractivity contribution in [3.63, 3.8) is 0 Å². The fourth-order valence-electron chi connectivity index (χ4n) is 5.46. The van der Waals surface area contributed by atoms with Crippen molar-refractivity contribution in [1.29, 1.82) is 0 Å². The lowest BCUT2D eigenvalue weighted by molar-refractivity contribution is -0.138. The molecule has 0 radical (unpaired) electrons. The molecule has 2 amide bonds. The van der Waals surface area contributed by atoms with Crippen LogP contribution in [0.5, 0.6) is 5.75 Å². The van der Waals surface area contributed by atoms with Crippen LogP contribution in [0.25, 0.3) is 0 Å². The number of nitrogens with zero attached hydrogens (tertiary/aromatic N) is 1. The molecule has 2 aromatic carbocycles. The normalized spacial score (nSPS) is 21.6. The number of rotatable bonds is 12. The first kappa shape index (κ1) is 27.9. The van der Waals surface area contributed by atoms with Crippen LogP contribution in [0, 0.1) is 6.92 Å². The van der Waals surface area contributed by atoms with Gasteiger partial charge in [0.1, 0.15) is 18.0 Å². The van der Waals surface area contributed by atoms with Gasteiger partial charge in [-0.05, 0) is 31.1 Å². The van der Waals surface area contributed by atoms with Gasteiger partial charge < -0.3 is 25.2 Å². The number of hydrogen-bond acceptors (Lipinski definition) is 5. The van der Waals surface area contributed by atoms with E-state index in [0.717, 1.165) is 48.8 Å². The maximum atomic E-state index is 13.7. The van der Waals surface area contributed by atoms with Crippen molar-refractivity contribution >= 4 is 11.8 Å². The molecule has 2 aromatic rings. The third kappa shape index (κ3) is 6.27. The molecule has 0 saturated heterocycles. The van der Waals surface area contributed by atoms with Gasteiger partial charge in [0.05, 0.1) is 18.6 Å². The van der Waals surface area contributed by atoms with E-state index in [0.29, 0.717) is 24.3 Å². The first-order chi connectivity index (χ1) is 18.4. The second-order valence-electron chi connectivity index (χ2n) is 10.4. The molecular weight excluding hydrogens is 480 g/mol. The third-order valence-electron chi connectivity index (χ3n) is 7.53. The summed E-state index contributed by atoms with van der Waals surface area (Å²) in [5.74, 6) is -0.197. The Balaban J connectivity index is 1.67. The summed E-state index contributed by atoms with van der Waals surface area (Å²) in [7, 11) is 0. The zero-order valence-electron chi connectivity index (χ0n) is 22.4. The molecule has 0 saturated carbocycles. The number of ether oxygens (including phenoxy) is 1. The van der Waals surface area contributed by atoms with E-state index in [1.807, 2.05) is 55.5 Å². The Hall–Kier alpha value is -3.16. The average Bonchev–Trinajstić information content (AvgIpc) is 3.32. The quantitative estimate of drug-likeness (QED) is 0.368. The van der Waals surface area contributed by atoms with Gasteiger partial charge in [-0.2, -0.15) is 0 Å². The Morgan fingerprint density at radius 2 is 1.76 bits per heavy atom. The molecule has 0 spiro atoms. The minimum atomic E-state index is -1.02. The number of carbonyl (C=O) groups is 2. The number of benzene rings is 2. The highest BCUT2D eigenvalue weighted by atomic mass is 16.5. The van der Waals surface area contributed by atoms with Crippen molar-refractivity contribution in [3.8, 4) is 5.75 Å². The average molecular weight is 521 g/mol. The zero-order valence-corrected chi connectivity index (χ0v) is 22.4. The number of nitrogens with one attached hydrogen (secondary N) is 1. The fraction of sp³-hybridized carbons (Fsp3) is 0.484. The van der Waals surface area contributed by atoms with Gasteiger partial charge in [0.25, 0.3) is 0 Å². The van der Waals surface area contributed by atoms with Gasteiger partial charge in [-0.15, -0.1) is 0 Å². The lowest BCUT2D eigenvalue weighted by Gasteiger charge is -2.41. The molecule has 204 valence electrons. The van der Waals surface area contributed by atoms with Crippen LogP contribution >= 0.6 is 0 Å². The number of aliphatic hydroxyl groups is 2. The fourth-order valence-corrected chi connectivity index (χ4v) is 5.46. The summed E-state index contributed by atoms with van der Waals surface area (Å²) in [6.07, 6.45) is 5.57. The number of amides is 2. The highest BCUT2D eigenvalue weighted by Gasteiger charge is 2.50. The van der Waals surface area contributed by atoms with Gasteiger partial charge >= 0.3 is 0 Å². The Morgan fingerprint density at radius 3 is 2.50 bits per heavy atom. The summed E-state index contributed by atoms with van der Waals surface area (Å²) >= 11 is 0. The molecule has 7 heteroatoms. The minimum absolute atomic E-state index is 0.0496. The maximum absolute atomic E-state index is 13.7. The maximum Gasteiger partial charge on any atom is 0.247 e. The molecule has 0 bridgehead atoms. The van der Waals surface area contributed by atoms with Crippen molar-refractivity contribution < 1.29 is 24.5 Å². The highest BCUT2D eigenvalue weighted by Crippen LogP contribution is 2.47. The van der Waals surface area contributed by atoms with Crippen LogP contribution in [0.2, 0.25) is 0 Å². The summed E-state index contributed by atoms with van der Waals surface area (Å²) in [5, 5.41) is 23.7. The number of carbonyl (C=O) groups excluding carboxylic acids is 2. The molecule has 0 aromatic heterocycles.